The van der Waals surface area contributed by atoms with Gasteiger partial charge in [-0.25, -0.2) is 0 Å². The third-order valence-electron chi connectivity index (χ3n) is 2.48. The first-order valence-electron chi connectivity index (χ1n) is 5.08. The van der Waals surface area contributed by atoms with E-state index in [0.29, 0.717) is 5.56 Å². The van der Waals surface area contributed by atoms with E-state index in [2.05, 4.69) is 4.74 Å². The van der Waals surface area contributed by atoms with Crippen molar-refractivity contribution >= 4 is 5.97 Å². The minimum Gasteiger partial charge on any atom is -0.469 e. The number of alkyl halides is 3. The highest BCUT2D eigenvalue weighted by Crippen LogP contribution is 2.31. The highest BCUT2D eigenvalue weighted by Gasteiger charge is 2.30. The average Bonchev–Trinajstić information content (AvgIpc) is 2.28. The Bertz CT molecular complexity index is 399. The van der Waals surface area contributed by atoms with Gasteiger partial charge in [-0.15, -0.1) is 0 Å². The van der Waals surface area contributed by atoms with E-state index in [0.717, 1.165) is 12.1 Å². The van der Waals surface area contributed by atoms with Gasteiger partial charge in [-0.1, -0.05) is 25.1 Å². The number of rotatable bonds is 3. The van der Waals surface area contributed by atoms with E-state index in [1.807, 2.05) is 0 Å². The summed E-state index contributed by atoms with van der Waals surface area (Å²) < 4.78 is 41.9. The summed E-state index contributed by atoms with van der Waals surface area (Å²) in [7, 11) is 1.25. The summed E-state index contributed by atoms with van der Waals surface area (Å²) in [6, 6.07) is 4.98. The Balaban J connectivity index is 2.88. The lowest BCUT2D eigenvalue weighted by atomic mass is 9.96. The van der Waals surface area contributed by atoms with Crippen LogP contribution < -0.4 is 0 Å². The molecule has 0 aromatic heterocycles. The van der Waals surface area contributed by atoms with Crippen LogP contribution in [0.5, 0.6) is 0 Å². The highest BCUT2D eigenvalue weighted by atomic mass is 19.4. The van der Waals surface area contributed by atoms with E-state index < -0.39 is 17.7 Å². The van der Waals surface area contributed by atoms with Crippen molar-refractivity contribution in [3.8, 4) is 0 Å². The average molecular weight is 246 g/mol. The number of halogens is 3. The van der Waals surface area contributed by atoms with Crippen LogP contribution in [0.3, 0.4) is 0 Å². The summed E-state index contributed by atoms with van der Waals surface area (Å²) in [5.41, 5.74) is -0.225. The van der Waals surface area contributed by atoms with Gasteiger partial charge in [0.15, 0.2) is 0 Å². The Kier molecular flexibility index (Phi) is 4.15. The molecule has 2 nitrogen and oxygen atoms in total. The molecule has 0 aliphatic carbocycles. The molecule has 5 heteroatoms. The number of carbonyl (C=O) groups is 1. The number of carbonyl (C=O) groups excluding carboxylic acids is 1. The van der Waals surface area contributed by atoms with Gasteiger partial charge in [-0.3, -0.25) is 4.79 Å². The largest absolute Gasteiger partial charge is 0.469 e. The standard InChI is InChI=1S/C12H13F3O2/c1-8(6-11(16)17-2)9-4-3-5-10(7-9)12(13,14)15/h3-5,7-8H,6H2,1-2H3. The maximum atomic E-state index is 12.5. The fourth-order valence-corrected chi connectivity index (χ4v) is 1.47. The van der Waals surface area contributed by atoms with E-state index in [4.69, 9.17) is 0 Å². The van der Waals surface area contributed by atoms with Crippen molar-refractivity contribution in [3.63, 3.8) is 0 Å². The molecule has 1 unspecified atom stereocenters. The Morgan fingerprint density at radius 1 is 1.41 bits per heavy atom. The van der Waals surface area contributed by atoms with Gasteiger partial charge in [0, 0.05) is 0 Å². The summed E-state index contributed by atoms with van der Waals surface area (Å²) in [5.74, 6) is -0.736. The Labute approximate surface area is 97.4 Å². The Morgan fingerprint density at radius 2 is 2.06 bits per heavy atom. The SMILES string of the molecule is COC(=O)CC(C)c1cccc(C(F)(F)F)c1. The van der Waals surface area contributed by atoms with Crippen LogP contribution in [0.25, 0.3) is 0 Å². The lowest BCUT2D eigenvalue weighted by molar-refractivity contribution is -0.141. The molecule has 1 atom stereocenters. The van der Waals surface area contributed by atoms with Crippen molar-refractivity contribution in [1.29, 1.82) is 0 Å². The second-order valence-electron chi connectivity index (χ2n) is 3.80. The molecule has 94 valence electrons. The van der Waals surface area contributed by atoms with Crippen LogP contribution in [-0.2, 0) is 15.7 Å². The van der Waals surface area contributed by atoms with Gasteiger partial charge in [-0.05, 0) is 17.5 Å². The van der Waals surface area contributed by atoms with Crippen LogP contribution in [0.4, 0.5) is 13.2 Å². The second-order valence-corrected chi connectivity index (χ2v) is 3.80. The first kappa shape index (κ1) is 13.5. The van der Waals surface area contributed by atoms with Gasteiger partial charge in [0.25, 0.3) is 0 Å². The van der Waals surface area contributed by atoms with Gasteiger partial charge in [0.05, 0.1) is 19.1 Å². The first-order valence-corrected chi connectivity index (χ1v) is 5.08. The third kappa shape index (κ3) is 3.76. The molecular formula is C12H13F3O2. The van der Waals surface area contributed by atoms with E-state index in [9.17, 15) is 18.0 Å². The van der Waals surface area contributed by atoms with Crippen molar-refractivity contribution in [3.05, 3.63) is 35.4 Å². The first-order chi connectivity index (χ1) is 7.84. The number of benzene rings is 1. The van der Waals surface area contributed by atoms with Crippen molar-refractivity contribution < 1.29 is 22.7 Å². The van der Waals surface area contributed by atoms with Crippen molar-refractivity contribution in [1.82, 2.24) is 0 Å². The van der Waals surface area contributed by atoms with Gasteiger partial charge in [0.1, 0.15) is 0 Å². The molecule has 17 heavy (non-hydrogen) atoms. The molecule has 0 radical (unpaired) electrons. The number of hydrogen-bond acceptors (Lipinski definition) is 2. The Hall–Kier alpha value is -1.52. The zero-order valence-electron chi connectivity index (χ0n) is 9.54. The molecular weight excluding hydrogens is 233 g/mol. The zero-order valence-corrected chi connectivity index (χ0v) is 9.54. The normalized spacial score (nSPS) is 13.2. The summed E-state index contributed by atoms with van der Waals surface area (Å²) in [6.45, 7) is 1.69. The maximum absolute atomic E-state index is 12.5. The van der Waals surface area contributed by atoms with Gasteiger partial charge in [0.2, 0.25) is 0 Å². The molecule has 1 rings (SSSR count). The summed E-state index contributed by atoms with van der Waals surface area (Å²) >= 11 is 0. The third-order valence-corrected chi connectivity index (χ3v) is 2.48. The molecule has 0 amide bonds. The van der Waals surface area contributed by atoms with Crippen LogP contribution in [0.1, 0.15) is 30.4 Å². The molecule has 1 aromatic carbocycles. The smallest absolute Gasteiger partial charge is 0.416 e. The lowest BCUT2D eigenvalue weighted by Crippen LogP contribution is -2.09. The van der Waals surface area contributed by atoms with Crippen LogP contribution in [0, 0.1) is 0 Å². The number of methoxy groups -OCH3 is 1. The molecule has 0 aliphatic heterocycles. The zero-order chi connectivity index (χ0) is 13.1. The van der Waals surface area contributed by atoms with Crippen molar-refractivity contribution in [2.45, 2.75) is 25.4 Å². The van der Waals surface area contributed by atoms with E-state index in [1.54, 1.807) is 13.0 Å². The molecule has 0 saturated carbocycles. The molecule has 0 N–H and O–H groups in total. The quantitative estimate of drug-likeness (QED) is 0.764. The number of esters is 1. The summed E-state index contributed by atoms with van der Waals surface area (Å²) in [5, 5.41) is 0. The van der Waals surface area contributed by atoms with Crippen LogP contribution in [0.15, 0.2) is 24.3 Å². The van der Waals surface area contributed by atoms with Crippen molar-refractivity contribution in [2.75, 3.05) is 7.11 Å². The minimum absolute atomic E-state index is 0.0673. The second kappa shape index (κ2) is 5.21. The number of hydrogen-bond donors (Lipinski definition) is 0. The summed E-state index contributed by atoms with van der Waals surface area (Å²) in [6.07, 6.45) is -4.29. The fourth-order valence-electron chi connectivity index (χ4n) is 1.47. The number of ether oxygens (including phenoxy) is 1. The molecule has 0 aliphatic rings. The molecule has 0 saturated heterocycles. The van der Waals surface area contributed by atoms with E-state index in [1.165, 1.54) is 13.2 Å². The van der Waals surface area contributed by atoms with Gasteiger partial charge in [-0.2, -0.15) is 13.2 Å². The Morgan fingerprint density at radius 3 is 2.59 bits per heavy atom. The van der Waals surface area contributed by atoms with E-state index >= 15 is 0 Å². The van der Waals surface area contributed by atoms with Gasteiger partial charge < -0.3 is 4.74 Å². The van der Waals surface area contributed by atoms with Crippen LogP contribution in [0.2, 0.25) is 0 Å². The predicted molar refractivity (Wildman–Crippen MR) is 56.5 cm³/mol. The summed E-state index contributed by atoms with van der Waals surface area (Å²) in [4.78, 5) is 11.0. The highest BCUT2D eigenvalue weighted by molar-refractivity contribution is 5.70. The van der Waals surface area contributed by atoms with Crippen molar-refractivity contribution in [2.24, 2.45) is 0 Å². The van der Waals surface area contributed by atoms with Gasteiger partial charge >= 0.3 is 12.1 Å². The molecule has 0 heterocycles. The molecule has 1 aromatic rings. The van der Waals surface area contributed by atoms with Crippen LogP contribution in [-0.4, -0.2) is 13.1 Å². The lowest BCUT2D eigenvalue weighted by Gasteiger charge is -2.13. The molecule has 0 spiro atoms. The van der Waals surface area contributed by atoms with Crippen LogP contribution >= 0.6 is 0 Å². The topological polar surface area (TPSA) is 26.3 Å². The predicted octanol–water partition coefficient (Wildman–Crippen LogP) is 3.37. The molecule has 0 bridgehead atoms. The molecule has 0 fully saturated rings. The fraction of sp³-hybridized carbons (Fsp3) is 0.417. The maximum Gasteiger partial charge on any atom is 0.416 e. The van der Waals surface area contributed by atoms with E-state index in [-0.39, 0.29) is 12.3 Å². The minimum atomic E-state index is -4.36. The monoisotopic (exact) mass is 246 g/mol.